The molecule has 0 saturated carbocycles. The lowest BCUT2D eigenvalue weighted by atomic mass is 10.7. The molecule has 0 aromatic heterocycles. The fourth-order valence-corrected chi connectivity index (χ4v) is 0.240. The molecule has 0 aromatic rings. The van der Waals surface area contributed by atoms with E-state index in [4.69, 9.17) is 5.11 Å². The summed E-state index contributed by atoms with van der Waals surface area (Å²) in [5.41, 5.74) is 0. The molecule has 0 aliphatic heterocycles. The summed E-state index contributed by atoms with van der Waals surface area (Å²) in [6, 6.07) is 0. The van der Waals surface area contributed by atoms with Crippen LogP contribution in [-0.2, 0) is 9.53 Å². The molecule has 0 fully saturated rings. The van der Waals surface area contributed by atoms with Gasteiger partial charge in [0.15, 0.2) is 6.29 Å². The highest BCUT2D eigenvalue weighted by atomic mass is 16.6. The van der Waals surface area contributed by atoms with E-state index >= 15 is 0 Å². The molecule has 1 N–H and O–H groups in total. The maximum absolute atomic E-state index is 9.87. The minimum atomic E-state index is -0.975. The smallest absolute Gasteiger partial charge is 0.304 e. The van der Waals surface area contributed by atoms with Gasteiger partial charge in [0.1, 0.15) is 0 Å². The molecule has 0 saturated heterocycles. The number of esters is 1. The van der Waals surface area contributed by atoms with Crippen LogP contribution in [0.1, 0.15) is 13.8 Å². The van der Waals surface area contributed by atoms with Crippen molar-refractivity contribution in [3.05, 3.63) is 0 Å². The van der Waals surface area contributed by atoms with Gasteiger partial charge in [-0.2, -0.15) is 0 Å². The molecule has 0 radical (unpaired) electrons. The highest BCUT2D eigenvalue weighted by Crippen LogP contribution is 1.81. The third kappa shape index (κ3) is 5.43. The van der Waals surface area contributed by atoms with E-state index in [1.54, 1.807) is 0 Å². The van der Waals surface area contributed by atoms with E-state index in [2.05, 4.69) is 4.74 Å². The van der Waals surface area contributed by atoms with Gasteiger partial charge in [0.05, 0.1) is 0 Å². The third-order valence-corrected chi connectivity index (χ3v) is 0.337. The molecule has 0 aliphatic carbocycles. The van der Waals surface area contributed by atoms with Crippen molar-refractivity contribution in [2.75, 3.05) is 0 Å². The molecule has 0 spiro atoms. The van der Waals surface area contributed by atoms with Gasteiger partial charge < -0.3 is 9.84 Å². The zero-order valence-electron chi connectivity index (χ0n) is 4.34. The number of hydrogen-bond donors (Lipinski definition) is 1. The summed E-state index contributed by atoms with van der Waals surface area (Å²) in [6.07, 6.45) is -0.975. The second-order valence-electron chi connectivity index (χ2n) is 1.21. The first kappa shape index (κ1) is 6.43. The predicted octanol–water partition coefficient (Wildman–Crippen LogP) is -0.112. The lowest BCUT2D eigenvalue weighted by molar-refractivity contribution is -0.161. The Balaban J connectivity index is 3.13. The van der Waals surface area contributed by atoms with Gasteiger partial charge in [-0.25, -0.2) is 0 Å². The van der Waals surface area contributed by atoms with Gasteiger partial charge in [-0.1, -0.05) is 0 Å². The van der Waals surface area contributed by atoms with Crippen LogP contribution in [0.25, 0.3) is 0 Å². The van der Waals surface area contributed by atoms with E-state index in [1.807, 2.05) is 0 Å². The fourth-order valence-electron chi connectivity index (χ4n) is 0.240. The Morgan fingerprint density at radius 1 is 1.86 bits per heavy atom. The third-order valence-electron chi connectivity index (χ3n) is 0.337. The molecule has 1 unspecified atom stereocenters. The van der Waals surface area contributed by atoms with Crippen LogP contribution in [0.2, 0.25) is 0 Å². The van der Waals surface area contributed by atoms with Gasteiger partial charge in [-0.15, -0.1) is 0 Å². The average Bonchev–Trinajstić information content (AvgIpc) is 1.27. The van der Waals surface area contributed by atoms with Crippen molar-refractivity contribution >= 4 is 5.97 Å². The van der Waals surface area contributed by atoms with E-state index < -0.39 is 12.3 Å². The van der Waals surface area contributed by atoms with Crippen LogP contribution >= 0.6 is 0 Å². The molecule has 7 heavy (non-hydrogen) atoms. The van der Waals surface area contributed by atoms with Crippen molar-refractivity contribution in [2.45, 2.75) is 20.1 Å². The zero-order chi connectivity index (χ0) is 5.86. The first-order valence-corrected chi connectivity index (χ1v) is 1.98. The summed E-state index contributed by atoms with van der Waals surface area (Å²) in [5, 5.41) is 8.28. The number of carbonyl (C=O) groups excluding carboxylic acids is 1. The quantitative estimate of drug-likeness (QED) is 0.373. The molecule has 1 atom stereocenters. The van der Waals surface area contributed by atoms with Crippen molar-refractivity contribution in [3.8, 4) is 0 Å². The van der Waals surface area contributed by atoms with E-state index in [-0.39, 0.29) is 0 Å². The molecule has 0 aliphatic rings. The van der Waals surface area contributed by atoms with E-state index in [1.165, 1.54) is 13.8 Å². The Kier molecular flexibility index (Phi) is 2.37. The summed E-state index contributed by atoms with van der Waals surface area (Å²) >= 11 is 0. The average molecular weight is 104 g/mol. The number of hydrogen-bond acceptors (Lipinski definition) is 3. The second-order valence-corrected chi connectivity index (χ2v) is 1.21. The van der Waals surface area contributed by atoms with Crippen LogP contribution in [-0.4, -0.2) is 17.4 Å². The largest absolute Gasteiger partial charge is 0.436 e. The summed E-state index contributed by atoms with van der Waals surface area (Å²) in [6.45, 7) is 2.62. The number of aliphatic hydroxyl groups is 1. The minimum absolute atomic E-state index is 0.463. The van der Waals surface area contributed by atoms with Gasteiger partial charge in [0.25, 0.3) is 0 Å². The number of carbonyl (C=O) groups is 1. The van der Waals surface area contributed by atoms with Crippen LogP contribution in [0, 0.1) is 0 Å². The maximum atomic E-state index is 9.87. The van der Waals surface area contributed by atoms with E-state index in [0.29, 0.717) is 0 Å². The Morgan fingerprint density at radius 2 is 2.29 bits per heavy atom. The molecule has 3 heteroatoms. The van der Waals surface area contributed by atoms with Crippen LogP contribution in [0.4, 0.5) is 0 Å². The standard InChI is InChI=1S/C4H8O3/c1-3(5)7-4(2)6/h3,5H,1-2H3. The highest BCUT2D eigenvalue weighted by molar-refractivity contribution is 5.65. The second kappa shape index (κ2) is 2.58. The topological polar surface area (TPSA) is 46.5 Å². The van der Waals surface area contributed by atoms with Crippen LogP contribution < -0.4 is 0 Å². The Morgan fingerprint density at radius 3 is 2.29 bits per heavy atom. The predicted molar refractivity (Wildman–Crippen MR) is 23.4 cm³/mol. The van der Waals surface area contributed by atoms with Gasteiger partial charge >= 0.3 is 5.97 Å². The van der Waals surface area contributed by atoms with Crippen LogP contribution in [0.3, 0.4) is 0 Å². The van der Waals surface area contributed by atoms with Gasteiger partial charge in [-0.05, 0) is 6.92 Å². The van der Waals surface area contributed by atoms with Gasteiger partial charge in [0, 0.05) is 6.92 Å². The number of ether oxygens (including phenoxy) is 1. The van der Waals surface area contributed by atoms with Crippen LogP contribution in [0.15, 0.2) is 0 Å². The molecule has 0 rings (SSSR count). The Labute approximate surface area is 41.9 Å². The Hall–Kier alpha value is -0.570. The maximum Gasteiger partial charge on any atom is 0.304 e. The summed E-state index contributed by atoms with van der Waals surface area (Å²) < 4.78 is 4.17. The van der Waals surface area contributed by atoms with Crippen molar-refractivity contribution in [2.24, 2.45) is 0 Å². The van der Waals surface area contributed by atoms with E-state index in [0.717, 1.165) is 0 Å². The lowest BCUT2D eigenvalue weighted by Crippen LogP contribution is -2.09. The van der Waals surface area contributed by atoms with Gasteiger partial charge in [0.2, 0.25) is 0 Å². The SMILES string of the molecule is CC(=O)OC(C)O. The van der Waals surface area contributed by atoms with Crippen molar-refractivity contribution in [1.82, 2.24) is 0 Å². The molecule has 0 amide bonds. The molecular formula is C4H8O3. The lowest BCUT2D eigenvalue weighted by Gasteiger charge is -2.00. The molecule has 0 aromatic carbocycles. The van der Waals surface area contributed by atoms with E-state index in [9.17, 15) is 4.79 Å². The van der Waals surface area contributed by atoms with Crippen LogP contribution in [0.5, 0.6) is 0 Å². The summed E-state index contributed by atoms with van der Waals surface area (Å²) in [5.74, 6) is -0.463. The first-order valence-electron chi connectivity index (χ1n) is 1.98. The number of rotatable bonds is 1. The monoisotopic (exact) mass is 104 g/mol. The van der Waals surface area contributed by atoms with Crippen molar-refractivity contribution in [3.63, 3.8) is 0 Å². The normalized spacial score (nSPS) is 13.0. The molecular weight excluding hydrogens is 96.0 g/mol. The zero-order valence-corrected chi connectivity index (χ0v) is 4.34. The van der Waals surface area contributed by atoms with Gasteiger partial charge in [-0.3, -0.25) is 4.79 Å². The molecule has 3 nitrogen and oxygen atoms in total. The molecule has 42 valence electrons. The first-order chi connectivity index (χ1) is 3.13. The number of aliphatic hydroxyl groups excluding tert-OH is 1. The summed E-state index contributed by atoms with van der Waals surface area (Å²) in [7, 11) is 0. The molecule has 0 heterocycles. The minimum Gasteiger partial charge on any atom is -0.436 e. The Bertz CT molecular complexity index is 67.3. The summed E-state index contributed by atoms with van der Waals surface area (Å²) in [4.78, 5) is 9.87. The van der Waals surface area contributed by atoms with Crippen molar-refractivity contribution < 1.29 is 14.6 Å². The van der Waals surface area contributed by atoms with Crippen molar-refractivity contribution in [1.29, 1.82) is 0 Å². The molecule has 0 bridgehead atoms. The fraction of sp³-hybridized carbons (Fsp3) is 0.750. The highest BCUT2D eigenvalue weighted by Gasteiger charge is 1.95.